The average molecular weight is 202 g/mol. The van der Waals surface area contributed by atoms with Crippen molar-refractivity contribution < 1.29 is 14.6 Å². The van der Waals surface area contributed by atoms with Crippen LogP contribution in [0, 0.1) is 0 Å². The van der Waals surface area contributed by atoms with Crippen molar-refractivity contribution in [2.75, 3.05) is 0 Å². The van der Waals surface area contributed by atoms with Crippen LogP contribution in [0.3, 0.4) is 0 Å². The molecule has 15 heavy (non-hydrogen) atoms. The Labute approximate surface area is 89.5 Å². The Bertz CT molecular complexity index is 486. The molecule has 0 atom stereocenters. The Morgan fingerprint density at radius 1 is 1.20 bits per heavy atom. The quantitative estimate of drug-likeness (QED) is 0.456. The van der Waals surface area contributed by atoms with Crippen molar-refractivity contribution in [1.82, 2.24) is 0 Å². The molecule has 0 radical (unpaired) electrons. The van der Waals surface area contributed by atoms with Crippen molar-refractivity contribution in [3.8, 4) is 11.5 Å². The molecule has 0 amide bonds. The maximum absolute atomic E-state index is 9.68. The lowest BCUT2D eigenvalue weighted by Crippen LogP contribution is -2.13. The summed E-state index contributed by atoms with van der Waals surface area (Å²) < 4.78 is 5.59. The second-order valence-electron chi connectivity index (χ2n) is 3.76. The van der Waals surface area contributed by atoms with Crippen LogP contribution in [0.25, 0.3) is 11.0 Å². The molecule has 0 aliphatic rings. The van der Waals surface area contributed by atoms with Crippen LogP contribution in [0.1, 0.15) is 12.7 Å². The van der Waals surface area contributed by atoms with Gasteiger partial charge in [-0.2, -0.15) is 0 Å². The van der Waals surface area contributed by atoms with Crippen LogP contribution in [-0.4, -0.2) is 25.9 Å². The van der Waals surface area contributed by atoms with E-state index < -0.39 is 0 Å². The number of furan rings is 1. The minimum Gasteiger partial charge on any atom is -0.505 e. The second-order valence-corrected chi connectivity index (χ2v) is 3.76. The summed E-state index contributed by atoms with van der Waals surface area (Å²) in [6.07, 6.45) is 0.801. The molecule has 0 unspecified atom stereocenters. The summed E-state index contributed by atoms with van der Waals surface area (Å²) in [7, 11) is 3.51. The first-order valence-corrected chi connectivity index (χ1v) is 4.99. The van der Waals surface area contributed by atoms with Gasteiger partial charge in [0, 0.05) is 11.8 Å². The minimum atomic E-state index is -0.0861. The van der Waals surface area contributed by atoms with Crippen molar-refractivity contribution in [1.29, 1.82) is 0 Å². The topological polar surface area (TPSA) is 53.6 Å². The molecular weight excluding hydrogens is 190 g/mol. The van der Waals surface area contributed by atoms with Crippen molar-refractivity contribution in [2.45, 2.75) is 13.3 Å². The van der Waals surface area contributed by atoms with E-state index in [1.165, 1.54) is 0 Å². The molecule has 76 valence electrons. The van der Waals surface area contributed by atoms with Gasteiger partial charge < -0.3 is 14.6 Å². The van der Waals surface area contributed by atoms with Gasteiger partial charge in [0.15, 0.2) is 11.5 Å². The Morgan fingerprint density at radius 3 is 2.40 bits per heavy atom. The highest BCUT2D eigenvalue weighted by Gasteiger charge is 2.16. The van der Waals surface area contributed by atoms with Gasteiger partial charge in [0.1, 0.15) is 27.0 Å². The van der Waals surface area contributed by atoms with E-state index in [4.69, 9.17) is 4.42 Å². The van der Waals surface area contributed by atoms with Crippen LogP contribution >= 0.6 is 0 Å². The van der Waals surface area contributed by atoms with Crippen molar-refractivity contribution in [3.05, 3.63) is 11.8 Å². The molecule has 1 aromatic heterocycles. The first kappa shape index (κ1) is 10.0. The fourth-order valence-corrected chi connectivity index (χ4v) is 1.76. The van der Waals surface area contributed by atoms with Crippen LogP contribution in [0.4, 0.5) is 0 Å². The van der Waals surface area contributed by atoms with E-state index in [1.54, 1.807) is 15.7 Å². The Kier molecular flexibility index (Phi) is 2.18. The molecule has 0 spiro atoms. The summed E-state index contributed by atoms with van der Waals surface area (Å²) in [6, 6.07) is 1.91. The molecule has 2 aromatic rings. The molecule has 2 rings (SSSR count). The van der Waals surface area contributed by atoms with Gasteiger partial charge in [-0.25, -0.2) is 0 Å². The van der Waals surface area contributed by atoms with E-state index in [-0.39, 0.29) is 11.5 Å². The zero-order valence-electron chi connectivity index (χ0n) is 9.09. The number of phenols is 2. The average Bonchev–Trinajstić information content (AvgIpc) is 2.67. The van der Waals surface area contributed by atoms with E-state index >= 15 is 0 Å². The highest BCUT2D eigenvalue weighted by Crippen LogP contribution is 2.26. The van der Waals surface area contributed by atoms with E-state index in [0.717, 1.165) is 17.6 Å². The first-order chi connectivity index (χ1) is 7.06. The second kappa shape index (κ2) is 3.26. The normalized spacial score (nSPS) is 11.0. The fraction of sp³-hybridized carbons (Fsp3) is 0.200. The van der Waals surface area contributed by atoms with E-state index in [0.29, 0.717) is 16.5 Å². The molecule has 0 saturated heterocycles. The number of rotatable bonds is 1. The third-order valence-electron chi connectivity index (χ3n) is 2.81. The molecule has 0 fully saturated rings. The molecule has 2 N–H and O–H groups in total. The number of aromatic hydroxyl groups is 2. The van der Waals surface area contributed by atoms with E-state index in [9.17, 15) is 10.2 Å². The molecular formula is C10H12B2O3. The summed E-state index contributed by atoms with van der Waals surface area (Å²) >= 11 is 0. The lowest BCUT2D eigenvalue weighted by molar-refractivity contribution is 0.409. The van der Waals surface area contributed by atoms with Crippen molar-refractivity contribution in [3.63, 3.8) is 0 Å². The minimum absolute atomic E-state index is 0.0524. The summed E-state index contributed by atoms with van der Waals surface area (Å²) in [5.74, 6) is 0.724. The molecule has 0 saturated carbocycles. The smallest absolute Gasteiger partial charge is 0.153 e. The van der Waals surface area contributed by atoms with Crippen LogP contribution in [0.2, 0.25) is 0 Å². The summed E-state index contributed by atoms with van der Waals surface area (Å²) in [5.41, 5.74) is 1.92. The number of benzene rings is 1. The zero-order valence-corrected chi connectivity index (χ0v) is 9.09. The van der Waals surface area contributed by atoms with E-state index in [2.05, 4.69) is 0 Å². The molecule has 0 bridgehead atoms. The van der Waals surface area contributed by atoms with Crippen LogP contribution < -0.4 is 10.9 Å². The van der Waals surface area contributed by atoms with E-state index in [1.807, 2.05) is 13.0 Å². The van der Waals surface area contributed by atoms with Gasteiger partial charge >= 0.3 is 0 Å². The summed E-state index contributed by atoms with van der Waals surface area (Å²) in [4.78, 5) is 0. The number of hydrogen-bond donors (Lipinski definition) is 2. The van der Waals surface area contributed by atoms with Crippen LogP contribution in [-0.2, 0) is 6.42 Å². The standard InChI is InChI=1S/C10H12B2O3/c1-2-4-3-5-6(11)8(13)9(14)7(12)10(5)15-4/h3,13-14H,2,11-12H2,1H3. The van der Waals surface area contributed by atoms with Crippen molar-refractivity contribution in [2.24, 2.45) is 0 Å². The lowest BCUT2D eigenvalue weighted by atomic mass is 9.84. The first-order valence-electron chi connectivity index (χ1n) is 4.99. The predicted octanol–water partition coefficient (Wildman–Crippen LogP) is -1.08. The van der Waals surface area contributed by atoms with Crippen LogP contribution in [0.5, 0.6) is 11.5 Å². The maximum Gasteiger partial charge on any atom is 0.153 e. The van der Waals surface area contributed by atoms with Gasteiger partial charge in [0.05, 0.1) is 0 Å². The SMILES string of the molecule is Bc1c(O)c(O)c(B)c2oc(CC)cc12. The molecule has 5 heteroatoms. The number of hydrogen-bond acceptors (Lipinski definition) is 3. The fourth-order valence-electron chi connectivity index (χ4n) is 1.76. The predicted molar refractivity (Wildman–Crippen MR) is 65.3 cm³/mol. The Morgan fingerprint density at radius 2 is 1.80 bits per heavy atom. The van der Waals surface area contributed by atoms with Crippen molar-refractivity contribution >= 4 is 37.6 Å². The molecule has 1 aromatic carbocycles. The Hall–Kier alpha value is -1.51. The molecule has 0 aliphatic carbocycles. The van der Waals surface area contributed by atoms with Gasteiger partial charge in [-0.3, -0.25) is 0 Å². The van der Waals surface area contributed by atoms with Gasteiger partial charge in [-0.1, -0.05) is 6.92 Å². The number of fused-ring (bicyclic) bond motifs is 1. The van der Waals surface area contributed by atoms with Crippen LogP contribution in [0.15, 0.2) is 10.5 Å². The zero-order chi connectivity index (χ0) is 11.2. The molecule has 1 heterocycles. The van der Waals surface area contributed by atoms with Gasteiger partial charge in [-0.05, 0) is 17.0 Å². The maximum atomic E-state index is 9.68. The number of phenolic OH excluding ortho intramolecular Hbond substituents is 2. The third kappa shape index (κ3) is 1.30. The van der Waals surface area contributed by atoms with Gasteiger partial charge in [-0.15, -0.1) is 0 Å². The highest BCUT2D eigenvalue weighted by molar-refractivity contribution is 6.47. The van der Waals surface area contributed by atoms with Gasteiger partial charge in [0.25, 0.3) is 0 Å². The Balaban J connectivity index is 2.90. The third-order valence-corrected chi connectivity index (χ3v) is 2.81. The highest BCUT2D eigenvalue weighted by atomic mass is 16.3. The summed E-state index contributed by atoms with van der Waals surface area (Å²) in [6.45, 7) is 2.00. The number of aryl methyl sites for hydroxylation is 1. The lowest BCUT2D eigenvalue weighted by Gasteiger charge is -2.06. The summed E-state index contributed by atoms with van der Waals surface area (Å²) in [5, 5.41) is 20.2. The van der Waals surface area contributed by atoms with Gasteiger partial charge in [0.2, 0.25) is 0 Å². The molecule has 0 aliphatic heterocycles. The monoisotopic (exact) mass is 202 g/mol. The largest absolute Gasteiger partial charge is 0.505 e. The molecule has 3 nitrogen and oxygen atoms in total.